The maximum atomic E-state index is 12.9. The number of rotatable bonds is 32. The molecule has 0 fully saturated rings. The number of ketones is 1. The minimum absolute atomic E-state index is 0.170. The zero-order valence-corrected chi connectivity index (χ0v) is 28.0. The summed E-state index contributed by atoms with van der Waals surface area (Å²) in [5, 5.41) is 12.4. The molecule has 1 unspecified atom stereocenters. The topological polar surface area (TPSA) is 83.5 Å². The summed E-state index contributed by atoms with van der Waals surface area (Å²) in [7, 11) is 0. The molecule has 2 N–H and O–H groups in total. The highest BCUT2D eigenvalue weighted by Crippen LogP contribution is 2.18. The third kappa shape index (κ3) is 22.2. The Balaban J connectivity index is 3.99. The molecule has 0 rings (SSSR count). The third-order valence-electron chi connectivity index (χ3n) is 8.45. The van der Waals surface area contributed by atoms with Gasteiger partial charge in [-0.25, -0.2) is 4.79 Å². The number of amides is 1. The molecule has 6 heteroatoms. The minimum Gasteiger partial charge on any atom is -0.479 e. The predicted molar refractivity (Wildman–Crippen MR) is 178 cm³/mol. The first-order chi connectivity index (χ1) is 19.9. The van der Waals surface area contributed by atoms with Crippen molar-refractivity contribution in [2.24, 2.45) is 0 Å². The number of nitrogens with one attached hydrogen (secondary N) is 1. The Morgan fingerprint density at radius 3 is 1.10 bits per heavy atom. The normalized spacial score (nSPS) is 12.8. The standard InChI is InChI=1S/C35H67NO4S/c1-3-5-7-9-11-13-15-17-19-21-23-25-27-29-32(37)35(31-41,34(39)40)36-33(38)30-28-26-24-22-20-18-16-14-12-10-8-6-4-2/h41H,3-31H2,1-2H3,(H,36,38)(H,39,40). The van der Waals surface area contributed by atoms with Gasteiger partial charge in [0.1, 0.15) is 0 Å². The molecule has 242 valence electrons. The first-order valence-corrected chi connectivity index (χ1v) is 18.3. The van der Waals surface area contributed by atoms with Crippen LogP contribution in [0.3, 0.4) is 0 Å². The quantitative estimate of drug-likeness (QED) is 0.0409. The number of carboxylic acids is 1. The van der Waals surface area contributed by atoms with E-state index in [9.17, 15) is 19.5 Å². The Bertz CT molecular complexity index is 642. The average Bonchev–Trinajstić information content (AvgIpc) is 2.96. The fourth-order valence-electron chi connectivity index (χ4n) is 5.56. The fraction of sp³-hybridized carbons (Fsp3) is 0.914. The molecule has 0 aromatic carbocycles. The SMILES string of the molecule is CCCCCCCCCCCCCCCC(=O)NC(CS)(C(=O)O)C(=O)CCCCCCCCCCCCCCC. The summed E-state index contributed by atoms with van der Waals surface area (Å²) >= 11 is 4.17. The summed E-state index contributed by atoms with van der Waals surface area (Å²) in [5.74, 6) is -2.31. The number of carboxylic acid groups (broad SMARTS) is 1. The summed E-state index contributed by atoms with van der Waals surface area (Å²) in [6.45, 7) is 4.50. The largest absolute Gasteiger partial charge is 0.479 e. The molecule has 0 saturated carbocycles. The molecule has 5 nitrogen and oxygen atoms in total. The number of thiol groups is 1. The highest BCUT2D eigenvalue weighted by atomic mass is 32.1. The summed E-state index contributed by atoms with van der Waals surface area (Å²) in [4.78, 5) is 37.5. The Hall–Kier alpha value is -1.04. The summed E-state index contributed by atoms with van der Waals surface area (Å²) < 4.78 is 0. The van der Waals surface area contributed by atoms with Crippen LogP contribution in [0.25, 0.3) is 0 Å². The van der Waals surface area contributed by atoms with Crippen LogP contribution < -0.4 is 5.32 Å². The maximum Gasteiger partial charge on any atom is 0.338 e. The van der Waals surface area contributed by atoms with Gasteiger partial charge in [0.25, 0.3) is 0 Å². The second-order valence-electron chi connectivity index (χ2n) is 12.3. The second-order valence-corrected chi connectivity index (χ2v) is 12.6. The highest BCUT2D eigenvalue weighted by Gasteiger charge is 2.45. The third-order valence-corrected chi connectivity index (χ3v) is 8.92. The van der Waals surface area contributed by atoms with Crippen molar-refractivity contribution in [3.63, 3.8) is 0 Å². The van der Waals surface area contributed by atoms with Crippen LogP contribution in [-0.2, 0) is 14.4 Å². The van der Waals surface area contributed by atoms with Gasteiger partial charge in [-0.2, -0.15) is 12.6 Å². The molecule has 0 bridgehead atoms. The van der Waals surface area contributed by atoms with E-state index in [1.165, 1.54) is 122 Å². The molecule has 1 atom stereocenters. The Morgan fingerprint density at radius 2 is 0.805 bits per heavy atom. The minimum atomic E-state index is -1.91. The Kier molecular flexibility index (Phi) is 28.3. The van der Waals surface area contributed by atoms with Crippen LogP contribution in [0.5, 0.6) is 0 Å². The monoisotopic (exact) mass is 597 g/mol. The Morgan fingerprint density at radius 1 is 0.512 bits per heavy atom. The number of carbonyl (C=O) groups excluding carboxylic acids is 2. The van der Waals surface area contributed by atoms with Crippen molar-refractivity contribution in [2.45, 2.75) is 199 Å². The predicted octanol–water partition coefficient (Wildman–Crippen LogP) is 10.4. The first kappa shape index (κ1) is 40.0. The van der Waals surface area contributed by atoms with Crippen LogP contribution in [0.1, 0.15) is 194 Å². The van der Waals surface area contributed by atoms with E-state index in [1.807, 2.05) is 0 Å². The van der Waals surface area contributed by atoms with E-state index in [0.717, 1.165) is 38.5 Å². The number of carbonyl (C=O) groups is 3. The fourth-order valence-corrected chi connectivity index (χ4v) is 5.95. The van der Waals surface area contributed by atoms with Crippen molar-refractivity contribution < 1.29 is 19.5 Å². The first-order valence-electron chi connectivity index (χ1n) is 17.6. The van der Waals surface area contributed by atoms with E-state index in [-0.39, 0.29) is 24.5 Å². The molecular formula is C35H67NO4S. The van der Waals surface area contributed by atoms with Crippen LogP contribution in [0.4, 0.5) is 0 Å². The summed E-state index contributed by atoms with van der Waals surface area (Å²) in [6.07, 6.45) is 32.1. The van der Waals surface area contributed by atoms with Gasteiger partial charge in [-0.3, -0.25) is 9.59 Å². The molecule has 0 aliphatic rings. The number of aliphatic carboxylic acids is 1. The van der Waals surface area contributed by atoms with Gasteiger partial charge in [-0.05, 0) is 12.8 Å². The van der Waals surface area contributed by atoms with Gasteiger partial charge < -0.3 is 10.4 Å². The molecule has 0 aliphatic heterocycles. The van der Waals surface area contributed by atoms with Crippen LogP contribution >= 0.6 is 12.6 Å². The summed E-state index contributed by atoms with van der Waals surface area (Å²) in [6, 6.07) is 0. The van der Waals surface area contributed by atoms with E-state index >= 15 is 0 Å². The zero-order chi connectivity index (χ0) is 30.4. The molecule has 41 heavy (non-hydrogen) atoms. The lowest BCUT2D eigenvalue weighted by Gasteiger charge is -2.27. The van der Waals surface area contributed by atoms with Crippen LogP contribution in [0.15, 0.2) is 0 Å². The number of hydrogen-bond acceptors (Lipinski definition) is 4. The average molecular weight is 598 g/mol. The lowest BCUT2D eigenvalue weighted by atomic mass is 9.91. The number of Topliss-reactive ketones (excluding diaryl/α,β-unsaturated/α-hetero) is 1. The van der Waals surface area contributed by atoms with Gasteiger partial charge in [-0.15, -0.1) is 0 Å². The molecule has 1 amide bonds. The van der Waals surface area contributed by atoms with Crippen molar-refractivity contribution in [1.29, 1.82) is 0 Å². The molecule has 0 spiro atoms. The van der Waals surface area contributed by atoms with Gasteiger partial charge in [-0.1, -0.05) is 168 Å². The van der Waals surface area contributed by atoms with E-state index in [0.29, 0.717) is 6.42 Å². The Labute approximate surface area is 259 Å². The van der Waals surface area contributed by atoms with Crippen molar-refractivity contribution in [1.82, 2.24) is 5.32 Å². The van der Waals surface area contributed by atoms with Crippen molar-refractivity contribution in [3.05, 3.63) is 0 Å². The number of unbranched alkanes of at least 4 members (excludes halogenated alkanes) is 24. The molecular weight excluding hydrogens is 530 g/mol. The van der Waals surface area contributed by atoms with Gasteiger partial charge in [0, 0.05) is 18.6 Å². The second kappa shape index (κ2) is 29.1. The van der Waals surface area contributed by atoms with Gasteiger partial charge in [0.15, 0.2) is 5.78 Å². The maximum absolute atomic E-state index is 12.9. The highest BCUT2D eigenvalue weighted by molar-refractivity contribution is 7.80. The van der Waals surface area contributed by atoms with Crippen molar-refractivity contribution in [3.8, 4) is 0 Å². The van der Waals surface area contributed by atoms with E-state index in [4.69, 9.17) is 0 Å². The van der Waals surface area contributed by atoms with Gasteiger partial charge in [0.2, 0.25) is 11.4 Å². The number of hydrogen-bond donors (Lipinski definition) is 3. The van der Waals surface area contributed by atoms with E-state index in [2.05, 4.69) is 31.8 Å². The van der Waals surface area contributed by atoms with Crippen molar-refractivity contribution in [2.75, 3.05) is 5.75 Å². The van der Waals surface area contributed by atoms with Gasteiger partial charge in [0.05, 0.1) is 0 Å². The molecule has 0 aromatic rings. The van der Waals surface area contributed by atoms with Crippen LogP contribution in [0.2, 0.25) is 0 Å². The van der Waals surface area contributed by atoms with E-state index < -0.39 is 17.3 Å². The van der Waals surface area contributed by atoms with Crippen LogP contribution in [-0.4, -0.2) is 34.1 Å². The molecule has 0 heterocycles. The molecule has 0 aliphatic carbocycles. The lowest BCUT2D eigenvalue weighted by Crippen LogP contribution is -2.61. The zero-order valence-electron chi connectivity index (χ0n) is 27.1. The molecule has 0 aromatic heterocycles. The lowest BCUT2D eigenvalue weighted by molar-refractivity contribution is -0.151. The summed E-state index contributed by atoms with van der Waals surface area (Å²) in [5.41, 5.74) is -1.91. The van der Waals surface area contributed by atoms with Crippen molar-refractivity contribution >= 4 is 30.3 Å². The van der Waals surface area contributed by atoms with E-state index in [1.54, 1.807) is 0 Å². The van der Waals surface area contributed by atoms with Crippen LogP contribution in [0, 0.1) is 0 Å². The van der Waals surface area contributed by atoms with Gasteiger partial charge >= 0.3 is 5.97 Å². The smallest absolute Gasteiger partial charge is 0.338 e. The molecule has 0 radical (unpaired) electrons. The molecule has 0 saturated heterocycles.